The smallest absolute Gasteiger partial charge is 0.370 e. The van der Waals surface area contributed by atoms with Crippen molar-refractivity contribution >= 4 is 17.2 Å². The van der Waals surface area contributed by atoms with E-state index in [0.717, 1.165) is 5.56 Å². The van der Waals surface area contributed by atoms with Crippen molar-refractivity contribution in [3.05, 3.63) is 112 Å². The minimum absolute atomic E-state index is 0.0609. The first kappa shape index (κ1) is 19.0. The molecule has 0 radical (unpaired) electrons. The molecule has 5 aromatic rings. The van der Waals surface area contributed by atoms with Crippen LogP contribution in [0.1, 0.15) is 0 Å². The van der Waals surface area contributed by atoms with Crippen molar-refractivity contribution in [1.29, 1.82) is 0 Å². The maximum atomic E-state index is 13.5. The Bertz CT molecular complexity index is 1450. The Balaban J connectivity index is 1.88. The van der Waals surface area contributed by atoms with Crippen LogP contribution in [0.2, 0.25) is 5.02 Å². The number of hydrogen-bond donors (Lipinski definition) is 0. The molecule has 0 amide bonds. The third-order valence-corrected chi connectivity index (χ3v) is 5.34. The Hall–Kier alpha value is -3.96. The summed E-state index contributed by atoms with van der Waals surface area (Å²) in [4.78, 5) is 13.4. The molecule has 0 spiro atoms. The Morgan fingerprint density at radius 2 is 1.39 bits per heavy atom. The van der Waals surface area contributed by atoms with Crippen LogP contribution in [0, 0.1) is 0 Å². The minimum Gasteiger partial charge on any atom is -0.841 e. The van der Waals surface area contributed by atoms with Crippen LogP contribution in [0.25, 0.3) is 33.7 Å². The zero-order chi connectivity index (χ0) is 21.4. The van der Waals surface area contributed by atoms with E-state index in [1.807, 2.05) is 36.4 Å². The first-order chi connectivity index (χ1) is 15.1. The molecule has 0 saturated heterocycles. The van der Waals surface area contributed by atoms with Gasteiger partial charge < -0.3 is 5.11 Å². The number of fused-ring (bicyclic) bond motifs is 1. The quantitative estimate of drug-likeness (QED) is 0.410. The number of nitrogens with zero attached hydrogens (tertiary/aromatic N) is 3. The molecule has 0 aliphatic heterocycles. The maximum Gasteiger partial charge on any atom is 0.370 e. The lowest BCUT2D eigenvalue weighted by molar-refractivity contribution is -0.630. The summed E-state index contributed by atoms with van der Waals surface area (Å²) >= 11 is 6.04. The fourth-order valence-corrected chi connectivity index (χ4v) is 3.73. The zero-order valence-corrected chi connectivity index (χ0v) is 17.0. The summed E-state index contributed by atoms with van der Waals surface area (Å²) in [5.74, 6) is -0.409. The van der Waals surface area contributed by atoms with Gasteiger partial charge in [-0.15, -0.1) is 0 Å². The Morgan fingerprint density at radius 3 is 2.03 bits per heavy atom. The molecular formula is C25H16ClN3O2. The third-order valence-electron chi connectivity index (χ3n) is 5.08. The molecule has 0 N–H and O–H groups in total. The van der Waals surface area contributed by atoms with Crippen LogP contribution in [0.3, 0.4) is 0 Å². The lowest BCUT2D eigenvalue weighted by Gasteiger charge is -2.16. The van der Waals surface area contributed by atoms with Crippen LogP contribution in [0.4, 0.5) is 0 Å². The second-order valence-electron chi connectivity index (χ2n) is 7.02. The molecule has 150 valence electrons. The van der Waals surface area contributed by atoms with E-state index in [4.69, 9.17) is 11.6 Å². The van der Waals surface area contributed by atoms with Crippen molar-refractivity contribution in [3.63, 3.8) is 0 Å². The van der Waals surface area contributed by atoms with Crippen molar-refractivity contribution < 1.29 is 9.67 Å². The van der Waals surface area contributed by atoms with Gasteiger partial charge in [-0.25, -0.2) is 9.36 Å². The lowest BCUT2D eigenvalue weighted by Crippen LogP contribution is -2.42. The van der Waals surface area contributed by atoms with Gasteiger partial charge in [0.2, 0.25) is 0 Å². The van der Waals surface area contributed by atoms with Crippen molar-refractivity contribution in [1.82, 2.24) is 9.61 Å². The largest absolute Gasteiger partial charge is 0.841 e. The normalized spacial score (nSPS) is 11.0. The number of benzene rings is 3. The average Bonchev–Trinajstić information content (AvgIpc) is 2.81. The second kappa shape index (κ2) is 7.70. The van der Waals surface area contributed by atoms with Crippen LogP contribution in [0.15, 0.2) is 102 Å². The first-order valence-corrected chi connectivity index (χ1v) is 10.1. The van der Waals surface area contributed by atoms with Crippen LogP contribution in [-0.4, -0.2) is 9.61 Å². The molecule has 31 heavy (non-hydrogen) atoms. The molecular weight excluding hydrogens is 410 g/mol. The number of rotatable bonds is 3. The summed E-state index contributed by atoms with van der Waals surface area (Å²) in [6, 6.07) is 29.0. The van der Waals surface area contributed by atoms with Gasteiger partial charge >= 0.3 is 11.2 Å². The SMILES string of the molecule is O=c1c(-c2ccccc2)c([O-])[n+](-c2ccc(Cl)cc2)c2ccc(-c3ccccc3)nn12. The predicted octanol–water partition coefficient (Wildman–Crippen LogP) is 4.03. The van der Waals surface area contributed by atoms with Crippen molar-refractivity contribution in [2.45, 2.75) is 0 Å². The van der Waals surface area contributed by atoms with Crippen LogP contribution >= 0.6 is 11.6 Å². The van der Waals surface area contributed by atoms with Gasteiger partial charge in [0.05, 0.1) is 5.88 Å². The van der Waals surface area contributed by atoms with Gasteiger partial charge in [-0.2, -0.15) is 0 Å². The lowest BCUT2D eigenvalue weighted by atomic mass is 10.1. The van der Waals surface area contributed by atoms with E-state index < -0.39 is 11.4 Å². The molecule has 5 rings (SSSR count). The van der Waals surface area contributed by atoms with Gasteiger partial charge in [-0.05, 0) is 35.9 Å². The van der Waals surface area contributed by atoms with Crippen molar-refractivity contribution in [2.75, 3.05) is 0 Å². The standard InChI is InChI=1S/C25H16ClN3O2/c26-19-11-13-20(14-12-19)28-22-16-15-21(17-7-3-1-4-8-17)27-29(22)25(31)23(24(28)30)18-9-5-2-6-10-18/h1-16H. The van der Waals surface area contributed by atoms with Gasteiger partial charge in [0.25, 0.3) is 0 Å². The predicted molar refractivity (Wildman–Crippen MR) is 118 cm³/mol. The molecule has 2 heterocycles. The molecule has 0 fully saturated rings. The molecule has 0 saturated carbocycles. The fraction of sp³-hybridized carbons (Fsp3) is 0. The molecule has 2 aromatic heterocycles. The van der Waals surface area contributed by atoms with Crippen LogP contribution < -0.4 is 15.2 Å². The molecule has 3 aromatic carbocycles. The molecule has 5 nitrogen and oxygen atoms in total. The van der Waals surface area contributed by atoms with Gasteiger partial charge in [-0.3, -0.25) is 0 Å². The van der Waals surface area contributed by atoms with Crippen molar-refractivity contribution in [3.8, 4) is 34.0 Å². The second-order valence-corrected chi connectivity index (χ2v) is 7.45. The monoisotopic (exact) mass is 425 g/mol. The first-order valence-electron chi connectivity index (χ1n) is 9.69. The summed E-state index contributed by atoms with van der Waals surface area (Å²) in [7, 11) is 0. The van der Waals surface area contributed by atoms with Crippen LogP contribution in [-0.2, 0) is 0 Å². The highest BCUT2D eigenvalue weighted by atomic mass is 35.5. The Kier molecular flexibility index (Phi) is 4.73. The summed E-state index contributed by atoms with van der Waals surface area (Å²) in [5, 5.41) is 18.7. The number of aromatic nitrogens is 3. The van der Waals surface area contributed by atoms with E-state index in [-0.39, 0.29) is 5.56 Å². The van der Waals surface area contributed by atoms with E-state index in [9.17, 15) is 9.90 Å². The molecule has 0 aliphatic carbocycles. The summed E-state index contributed by atoms with van der Waals surface area (Å²) < 4.78 is 2.78. The minimum atomic E-state index is -0.464. The molecule has 0 unspecified atom stereocenters. The topological polar surface area (TPSA) is 61.3 Å². The molecule has 0 bridgehead atoms. The van der Waals surface area contributed by atoms with E-state index >= 15 is 0 Å². The van der Waals surface area contributed by atoms with Gasteiger partial charge in [0, 0.05) is 16.7 Å². The average molecular weight is 426 g/mol. The summed E-state index contributed by atoms with van der Waals surface area (Å²) in [6.45, 7) is 0. The highest BCUT2D eigenvalue weighted by Gasteiger charge is 2.23. The van der Waals surface area contributed by atoms with Gasteiger partial charge in [-0.1, -0.05) is 81.9 Å². The van der Waals surface area contributed by atoms with E-state index in [2.05, 4.69) is 5.10 Å². The Labute approximate surface area is 183 Å². The summed E-state index contributed by atoms with van der Waals surface area (Å²) in [5.41, 5.74) is 2.62. The third kappa shape index (κ3) is 3.35. The highest BCUT2D eigenvalue weighted by molar-refractivity contribution is 6.30. The fourth-order valence-electron chi connectivity index (χ4n) is 3.60. The van der Waals surface area contributed by atoms with E-state index in [1.165, 1.54) is 9.08 Å². The highest BCUT2D eigenvalue weighted by Crippen LogP contribution is 2.24. The maximum absolute atomic E-state index is 13.5. The number of halogens is 1. The zero-order valence-electron chi connectivity index (χ0n) is 16.3. The molecule has 0 aliphatic rings. The molecule has 6 heteroatoms. The van der Waals surface area contributed by atoms with E-state index in [0.29, 0.717) is 27.6 Å². The number of hydrogen-bond acceptors (Lipinski definition) is 3. The molecule has 0 atom stereocenters. The van der Waals surface area contributed by atoms with Crippen LogP contribution in [0.5, 0.6) is 5.88 Å². The summed E-state index contributed by atoms with van der Waals surface area (Å²) in [6.07, 6.45) is 0. The van der Waals surface area contributed by atoms with Crippen molar-refractivity contribution in [2.24, 2.45) is 0 Å². The van der Waals surface area contributed by atoms with E-state index in [1.54, 1.807) is 60.7 Å². The van der Waals surface area contributed by atoms with Gasteiger partial charge in [0.15, 0.2) is 0 Å². The van der Waals surface area contributed by atoms with Gasteiger partial charge in [0.1, 0.15) is 16.9 Å². The Morgan fingerprint density at radius 1 is 0.774 bits per heavy atom.